The van der Waals surface area contributed by atoms with E-state index in [0.29, 0.717) is 31.9 Å². The number of carbonyl (C=O) groups excluding carboxylic acids is 1. The molecule has 0 aliphatic rings. The second-order valence-electron chi connectivity index (χ2n) is 6.30. The van der Waals surface area contributed by atoms with Crippen LogP contribution in [-0.4, -0.2) is 77.4 Å². The summed E-state index contributed by atoms with van der Waals surface area (Å²) in [6.45, 7) is 6.22. The zero-order valence-electron chi connectivity index (χ0n) is 17.1. The molecule has 27 heavy (non-hydrogen) atoms. The standard InChI is InChI=1S/C20H34N4O3/c1-5-21-20(22-11-7-13-27-15-14-26-4)23-12-10-17-8-6-9-18(16-17)19(25)24(2)3/h6,8-9,16H,5,7,10-15H2,1-4H3,(H2,21,22,23). The largest absolute Gasteiger partial charge is 0.382 e. The van der Waals surface area contributed by atoms with Crippen LogP contribution in [0.5, 0.6) is 0 Å². The number of methoxy groups -OCH3 is 1. The van der Waals surface area contributed by atoms with E-state index in [0.717, 1.165) is 37.5 Å². The summed E-state index contributed by atoms with van der Waals surface area (Å²) in [5, 5.41) is 6.58. The van der Waals surface area contributed by atoms with E-state index < -0.39 is 0 Å². The topological polar surface area (TPSA) is 75.2 Å². The van der Waals surface area contributed by atoms with Gasteiger partial charge in [0.1, 0.15) is 0 Å². The first-order valence-electron chi connectivity index (χ1n) is 9.48. The van der Waals surface area contributed by atoms with Crippen molar-refractivity contribution in [1.29, 1.82) is 0 Å². The molecule has 7 nitrogen and oxygen atoms in total. The van der Waals surface area contributed by atoms with Crippen LogP contribution in [0.25, 0.3) is 0 Å². The molecule has 2 N–H and O–H groups in total. The van der Waals surface area contributed by atoms with E-state index >= 15 is 0 Å². The zero-order valence-corrected chi connectivity index (χ0v) is 17.1. The lowest BCUT2D eigenvalue weighted by Gasteiger charge is -2.13. The Morgan fingerprint density at radius 3 is 2.70 bits per heavy atom. The molecule has 0 fully saturated rings. The third-order valence-electron chi connectivity index (χ3n) is 3.78. The van der Waals surface area contributed by atoms with Gasteiger partial charge in [-0.05, 0) is 37.5 Å². The summed E-state index contributed by atoms with van der Waals surface area (Å²) in [5.41, 5.74) is 1.84. The van der Waals surface area contributed by atoms with Gasteiger partial charge in [-0.15, -0.1) is 0 Å². The highest BCUT2D eigenvalue weighted by atomic mass is 16.5. The quantitative estimate of drug-likeness (QED) is 0.328. The highest BCUT2D eigenvalue weighted by molar-refractivity contribution is 5.94. The second-order valence-corrected chi connectivity index (χ2v) is 6.30. The van der Waals surface area contributed by atoms with E-state index in [2.05, 4.69) is 15.6 Å². The number of nitrogens with one attached hydrogen (secondary N) is 2. The number of benzene rings is 1. The van der Waals surface area contributed by atoms with Crippen molar-refractivity contribution in [1.82, 2.24) is 15.5 Å². The molecule has 152 valence electrons. The Bertz CT molecular complexity index is 576. The molecule has 0 aliphatic carbocycles. The minimum Gasteiger partial charge on any atom is -0.382 e. The Hall–Kier alpha value is -2.12. The van der Waals surface area contributed by atoms with Crippen molar-refractivity contribution in [3.05, 3.63) is 35.4 Å². The average Bonchev–Trinajstić information content (AvgIpc) is 2.66. The Balaban J connectivity index is 2.40. The molecule has 0 aromatic heterocycles. The maximum atomic E-state index is 12.1. The van der Waals surface area contributed by atoms with Gasteiger partial charge in [-0.1, -0.05) is 12.1 Å². The highest BCUT2D eigenvalue weighted by Gasteiger charge is 2.08. The van der Waals surface area contributed by atoms with E-state index in [1.165, 1.54) is 0 Å². The molecule has 0 heterocycles. The van der Waals surface area contributed by atoms with Gasteiger partial charge in [-0.25, -0.2) is 0 Å². The monoisotopic (exact) mass is 378 g/mol. The van der Waals surface area contributed by atoms with Gasteiger partial charge < -0.3 is 25.0 Å². The van der Waals surface area contributed by atoms with Crippen molar-refractivity contribution < 1.29 is 14.3 Å². The molecule has 0 bridgehead atoms. The van der Waals surface area contributed by atoms with E-state index in [9.17, 15) is 4.79 Å². The minimum atomic E-state index is 0.0208. The Morgan fingerprint density at radius 2 is 2.00 bits per heavy atom. The van der Waals surface area contributed by atoms with Gasteiger partial charge in [0.15, 0.2) is 5.96 Å². The number of hydrogen-bond acceptors (Lipinski definition) is 4. The lowest BCUT2D eigenvalue weighted by molar-refractivity contribution is 0.0702. The molecule has 0 saturated carbocycles. The third kappa shape index (κ3) is 9.96. The molecule has 0 radical (unpaired) electrons. The molecule has 0 spiro atoms. The van der Waals surface area contributed by atoms with E-state index in [1.807, 2.05) is 31.2 Å². The van der Waals surface area contributed by atoms with Gasteiger partial charge in [0.2, 0.25) is 0 Å². The van der Waals surface area contributed by atoms with Crippen molar-refractivity contribution in [2.75, 3.05) is 60.7 Å². The van der Waals surface area contributed by atoms with Crippen molar-refractivity contribution in [3.63, 3.8) is 0 Å². The summed E-state index contributed by atoms with van der Waals surface area (Å²) in [4.78, 5) is 18.2. The van der Waals surface area contributed by atoms with Gasteiger partial charge >= 0.3 is 0 Å². The van der Waals surface area contributed by atoms with E-state index in [-0.39, 0.29) is 5.91 Å². The Morgan fingerprint density at radius 1 is 1.19 bits per heavy atom. The number of guanidine groups is 1. The van der Waals surface area contributed by atoms with Crippen molar-refractivity contribution in [3.8, 4) is 0 Å². The fraction of sp³-hybridized carbons (Fsp3) is 0.600. The lowest BCUT2D eigenvalue weighted by Crippen LogP contribution is -2.38. The van der Waals surface area contributed by atoms with E-state index in [1.54, 1.807) is 26.1 Å². The number of ether oxygens (including phenoxy) is 2. The van der Waals surface area contributed by atoms with Gasteiger partial charge in [-0.3, -0.25) is 9.79 Å². The zero-order chi connectivity index (χ0) is 19.9. The third-order valence-corrected chi connectivity index (χ3v) is 3.78. The van der Waals surface area contributed by atoms with E-state index in [4.69, 9.17) is 9.47 Å². The smallest absolute Gasteiger partial charge is 0.253 e. The van der Waals surface area contributed by atoms with Gasteiger partial charge in [0.25, 0.3) is 5.91 Å². The first kappa shape index (κ1) is 22.9. The Kier molecular flexibility index (Phi) is 11.9. The van der Waals surface area contributed by atoms with Crippen LogP contribution in [-0.2, 0) is 15.9 Å². The second kappa shape index (κ2) is 14.0. The highest BCUT2D eigenvalue weighted by Crippen LogP contribution is 2.07. The molecule has 7 heteroatoms. The summed E-state index contributed by atoms with van der Waals surface area (Å²) in [5.74, 6) is 0.822. The molecule has 1 rings (SSSR count). The number of nitrogens with zero attached hydrogens (tertiary/aromatic N) is 2. The summed E-state index contributed by atoms with van der Waals surface area (Å²) >= 11 is 0. The van der Waals surface area contributed by atoms with Crippen LogP contribution in [0.15, 0.2) is 29.3 Å². The van der Waals surface area contributed by atoms with Crippen molar-refractivity contribution in [2.24, 2.45) is 4.99 Å². The average molecular weight is 379 g/mol. The Labute approximate surface area is 163 Å². The molecule has 1 aromatic rings. The fourth-order valence-corrected chi connectivity index (χ4v) is 2.39. The van der Waals surface area contributed by atoms with Crippen LogP contribution in [0.2, 0.25) is 0 Å². The van der Waals surface area contributed by atoms with Crippen LogP contribution in [0.1, 0.15) is 29.3 Å². The molecule has 0 atom stereocenters. The molecule has 0 aliphatic heterocycles. The first-order valence-corrected chi connectivity index (χ1v) is 9.48. The van der Waals surface area contributed by atoms with Crippen LogP contribution in [0.4, 0.5) is 0 Å². The number of rotatable bonds is 12. The van der Waals surface area contributed by atoms with Gasteiger partial charge in [0.05, 0.1) is 13.2 Å². The molecule has 0 unspecified atom stereocenters. The number of aliphatic imine (C=N–C) groups is 1. The maximum Gasteiger partial charge on any atom is 0.253 e. The lowest BCUT2D eigenvalue weighted by atomic mass is 10.1. The van der Waals surface area contributed by atoms with Crippen LogP contribution in [0, 0.1) is 0 Å². The molecular formula is C20H34N4O3. The van der Waals surface area contributed by atoms with Crippen LogP contribution >= 0.6 is 0 Å². The fourth-order valence-electron chi connectivity index (χ4n) is 2.39. The molecule has 0 saturated heterocycles. The number of hydrogen-bond donors (Lipinski definition) is 2. The van der Waals surface area contributed by atoms with Crippen LogP contribution < -0.4 is 10.6 Å². The van der Waals surface area contributed by atoms with Crippen molar-refractivity contribution >= 4 is 11.9 Å². The van der Waals surface area contributed by atoms with Crippen LogP contribution in [0.3, 0.4) is 0 Å². The van der Waals surface area contributed by atoms with Crippen molar-refractivity contribution in [2.45, 2.75) is 19.8 Å². The summed E-state index contributed by atoms with van der Waals surface area (Å²) < 4.78 is 10.4. The summed E-state index contributed by atoms with van der Waals surface area (Å²) in [6.07, 6.45) is 1.69. The predicted octanol–water partition coefficient (Wildman–Crippen LogP) is 1.54. The van der Waals surface area contributed by atoms with Gasteiger partial charge in [-0.2, -0.15) is 0 Å². The SMILES string of the molecule is CCNC(=NCCCOCCOC)NCCc1cccc(C(=O)N(C)C)c1. The minimum absolute atomic E-state index is 0.0208. The number of carbonyl (C=O) groups is 1. The van der Waals surface area contributed by atoms with Gasteiger partial charge in [0, 0.05) is 53.0 Å². The molecular weight excluding hydrogens is 344 g/mol. The summed E-state index contributed by atoms with van der Waals surface area (Å²) in [7, 11) is 5.19. The number of amides is 1. The molecule has 1 aromatic carbocycles. The maximum absolute atomic E-state index is 12.1. The molecule has 1 amide bonds. The normalized spacial score (nSPS) is 11.3. The predicted molar refractivity (Wildman–Crippen MR) is 109 cm³/mol. The summed E-state index contributed by atoms with van der Waals surface area (Å²) in [6, 6.07) is 7.76. The first-order chi connectivity index (χ1) is 13.1.